The Morgan fingerprint density at radius 1 is 1.57 bits per heavy atom. The summed E-state index contributed by atoms with van der Waals surface area (Å²) >= 11 is 0. The first kappa shape index (κ1) is 10.8. The van der Waals surface area contributed by atoms with Crippen LogP contribution < -0.4 is 11.3 Å². The van der Waals surface area contributed by atoms with Gasteiger partial charge in [-0.2, -0.15) is 0 Å². The van der Waals surface area contributed by atoms with E-state index in [4.69, 9.17) is 10.5 Å². The molecule has 1 heterocycles. The first-order valence-corrected chi connectivity index (χ1v) is 4.69. The second-order valence-corrected chi connectivity index (χ2v) is 3.26. The number of nitrogen functional groups attached to an aromatic ring is 1. The van der Waals surface area contributed by atoms with Gasteiger partial charge in [-0.3, -0.25) is 9.36 Å². The van der Waals surface area contributed by atoms with E-state index in [-0.39, 0.29) is 12.3 Å². The van der Waals surface area contributed by atoms with Crippen molar-refractivity contribution in [3.05, 3.63) is 28.2 Å². The molecule has 14 heavy (non-hydrogen) atoms. The molecule has 0 atom stereocenters. The number of rotatable bonds is 4. The van der Waals surface area contributed by atoms with Crippen LogP contribution in [-0.2, 0) is 11.5 Å². The molecule has 0 radical (unpaired) electrons. The summed E-state index contributed by atoms with van der Waals surface area (Å²) in [6.45, 7) is 4.76. The van der Waals surface area contributed by atoms with Gasteiger partial charge in [0.05, 0.1) is 5.69 Å². The van der Waals surface area contributed by atoms with E-state index in [1.807, 2.05) is 13.8 Å². The van der Waals surface area contributed by atoms with Crippen LogP contribution in [0.4, 0.5) is 5.69 Å². The fourth-order valence-electron chi connectivity index (χ4n) is 1.09. The number of nitrogens with two attached hydrogens (primary N) is 1. The molecule has 4 heteroatoms. The third-order valence-corrected chi connectivity index (χ3v) is 1.95. The van der Waals surface area contributed by atoms with Crippen molar-refractivity contribution >= 4 is 5.69 Å². The minimum Gasteiger partial charge on any atom is -0.397 e. The molecule has 0 saturated heterocycles. The molecule has 0 aliphatic rings. The second-order valence-electron chi connectivity index (χ2n) is 3.26. The van der Waals surface area contributed by atoms with E-state index < -0.39 is 0 Å². The standard InChI is InChI=1S/C10H16N2O2/c1-3-4-14-7-12-6-9(11)8(2)5-10(12)13/h5-6H,3-4,7,11H2,1-2H3. The molecule has 0 aromatic carbocycles. The maximum atomic E-state index is 11.4. The average molecular weight is 196 g/mol. The highest BCUT2D eigenvalue weighted by atomic mass is 16.5. The van der Waals surface area contributed by atoms with E-state index in [2.05, 4.69) is 0 Å². The van der Waals surface area contributed by atoms with E-state index in [0.29, 0.717) is 12.3 Å². The van der Waals surface area contributed by atoms with Crippen LogP contribution in [-0.4, -0.2) is 11.2 Å². The zero-order valence-electron chi connectivity index (χ0n) is 8.62. The summed E-state index contributed by atoms with van der Waals surface area (Å²) in [5.74, 6) is 0. The number of nitrogens with zero attached hydrogens (tertiary/aromatic N) is 1. The topological polar surface area (TPSA) is 57.2 Å². The van der Waals surface area contributed by atoms with Gasteiger partial charge in [0.25, 0.3) is 5.56 Å². The lowest BCUT2D eigenvalue weighted by Crippen LogP contribution is -2.21. The molecule has 0 spiro atoms. The molecular formula is C10H16N2O2. The van der Waals surface area contributed by atoms with Crippen LogP contribution in [0.1, 0.15) is 18.9 Å². The fraction of sp³-hybridized carbons (Fsp3) is 0.500. The number of ether oxygens (including phenoxy) is 1. The number of hydrogen-bond donors (Lipinski definition) is 1. The Bertz CT molecular complexity index is 358. The van der Waals surface area contributed by atoms with E-state index in [1.54, 1.807) is 6.20 Å². The van der Waals surface area contributed by atoms with Crippen molar-refractivity contribution < 1.29 is 4.74 Å². The van der Waals surface area contributed by atoms with E-state index >= 15 is 0 Å². The highest BCUT2D eigenvalue weighted by Gasteiger charge is 1.99. The highest BCUT2D eigenvalue weighted by molar-refractivity contribution is 5.42. The lowest BCUT2D eigenvalue weighted by atomic mass is 10.2. The summed E-state index contributed by atoms with van der Waals surface area (Å²) in [5.41, 5.74) is 7.02. The van der Waals surface area contributed by atoms with Crippen molar-refractivity contribution in [1.82, 2.24) is 4.57 Å². The molecule has 0 fully saturated rings. The normalized spacial score (nSPS) is 10.4. The molecule has 4 nitrogen and oxygen atoms in total. The van der Waals surface area contributed by atoms with Gasteiger partial charge in [0.1, 0.15) is 6.73 Å². The van der Waals surface area contributed by atoms with E-state index in [1.165, 1.54) is 10.6 Å². The van der Waals surface area contributed by atoms with Gasteiger partial charge in [0.15, 0.2) is 0 Å². The minimum atomic E-state index is -0.0761. The molecule has 0 aliphatic heterocycles. The molecule has 0 amide bonds. The van der Waals surface area contributed by atoms with Crippen LogP contribution >= 0.6 is 0 Å². The van der Waals surface area contributed by atoms with Gasteiger partial charge in [0, 0.05) is 18.9 Å². The summed E-state index contributed by atoms with van der Waals surface area (Å²) in [7, 11) is 0. The average Bonchev–Trinajstić information content (AvgIpc) is 2.14. The molecule has 2 N–H and O–H groups in total. The monoisotopic (exact) mass is 196 g/mol. The van der Waals surface area contributed by atoms with Crippen LogP contribution in [0.15, 0.2) is 17.1 Å². The van der Waals surface area contributed by atoms with Gasteiger partial charge in [-0.1, -0.05) is 6.92 Å². The Morgan fingerprint density at radius 3 is 2.93 bits per heavy atom. The smallest absolute Gasteiger partial charge is 0.252 e. The lowest BCUT2D eigenvalue weighted by molar-refractivity contribution is 0.0753. The molecule has 1 aromatic heterocycles. The summed E-state index contributed by atoms with van der Waals surface area (Å²) in [6.07, 6.45) is 2.56. The maximum absolute atomic E-state index is 11.4. The van der Waals surface area contributed by atoms with Crippen molar-refractivity contribution in [2.75, 3.05) is 12.3 Å². The Labute approximate surface area is 83.3 Å². The number of aryl methyl sites for hydroxylation is 1. The number of hydrogen-bond acceptors (Lipinski definition) is 3. The largest absolute Gasteiger partial charge is 0.397 e. The van der Waals surface area contributed by atoms with Crippen molar-refractivity contribution in [1.29, 1.82) is 0 Å². The molecule has 1 aromatic rings. The predicted molar refractivity (Wildman–Crippen MR) is 56.1 cm³/mol. The van der Waals surface area contributed by atoms with Gasteiger partial charge in [-0.05, 0) is 18.9 Å². The number of pyridine rings is 1. The van der Waals surface area contributed by atoms with Crippen LogP contribution in [0.2, 0.25) is 0 Å². The fourth-order valence-corrected chi connectivity index (χ4v) is 1.09. The molecular weight excluding hydrogens is 180 g/mol. The molecule has 0 bridgehead atoms. The van der Waals surface area contributed by atoms with Gasteiger partial charge in [-0.25, -0.2) is 0 Å². The van der Waals surface area contributed by atoms with Crippen molar-refractivity contribution in [3.63, 3.8) is 0 Å². The highest BCUT2D eigenvalue weighted by Crippen LogP contribution is 2.05. The van der Waals surface area contributed by atoms with E-state index in [9.17, 15) is 4.79 Å². The van der Waals surface area contributed by atoms with Crippen LogP contribution in [0.25, 0.3) is 0 Å². The van der Waals surface area contributed by atoms with Crippen molar-refractivity contribution in [2.24, 2.45) is 0 Å². The quantitative estimate of drug-likeness (QED) is 0.734. The zero-order chi connectivity index (χ0) is 10.6. The van der Waals surface area contributed by atoms with Crippen LogP contribution in [0, 0.1) is 6.92 Å². The van der Waals surface area contributed by atoms with Crippen LogP contribution in [0.3, 0.4) is 0 Å². The van der Waals surface area contributed by atoms with Crippen LogP contribution in [0.5, 0.6) is 0 Å². The SMILES string of the molecule is CCCOCn1cc(N)c(C)cc1=O. The Kier molecular flexibility index (Phi) is 3.71. The van der Waals surface area contributed by atoms with Gasteiger partial charge in [-0.15, -0.1) is 0 Å². The lowest BCUT2D eigenvalue weighted by Gasteiger charge is -2.08. The molecule has 0 unspecified atom stereocenters. The summed E-state index contributed by atoms with van der Waals surface area (Å²) in [4.78, 5) is 11.4. The van der Waals surface area contributed by atoms with Crippen molar-refractivity contribution in [2.45, 2.75) is 27.0 Å². The maximum Gasteiger partial charge on any atom is 0.252 e. The molecule has 0 saturated carbocycles. The molecule has 78 valence electrons. The predicted octanol–water partition coefficient (Wildman–Crippen LogP) is 1.12. The number of anilines is 1. The second kappa shape index (κ2) is 4.81. The third-order valence-electron chi connectivity index (χ3n) is 1.95. The zero-order valence-corrected chi connectivity index (χ0v) is 8.62. The summed E-state index contributed by atoms with van der Waals surface area (Å²) in [5, 5.41) is 0. The summed E-state index contributed by atoms with van der Waals surface area (Å²) in [6, 6.07) is 1.52. The van der Waals surface area contributed by atoms with Crippen molar-refractivity contribution in [3.8, 4) is 0 Å². The Morgan fingerprint density at radius 2 is 2.29 bits per heavy atom. The van der Waals surface area contributed by atoms with Gasteiger partial charge < -0.3 is 10.5 Å². The Balaban J connectivity index is 2.77. The van der Waals surface area contributed by atoms with Gasteiger partial charge in [0.2, 0.25) is 0 Å². The molecule has 1 rings (SSSR count). The minimum absolute atomic E-state index is 0.0761. The van der Waals surface area contributed by atoms with E-state index in [0.717, 1.165) is 12.0 Å². The molecule has 0 aliphatic carbocycles. The van der Waals surface area contributed by atoms with Gasteiger partial charge >= 0.3 is 0 Å². The Hall–Kier alpha value is -1.29. The summed E-state index contributed by atoms with van der Waals surface area (Å²) < 4.78 is 6.72. The number of aromatic nitrogens is 1. The first-order chi connectivity index (χ1) is 6.65. The third kappa shape index (κ3) is 2.60. The first-order valence-electron chi connectivity index (χ1n) is 4.69.